The molecule has 1 aromatic heterocycles. The third-order valence-electron chi connectivity index (χ3n) is 6.54. The largest absolute Gasteiger partial charge is 0.493 e. The van der Waals surface area contributed by atoms with E-state index in [0.29, 0.717) is 31.9 Å². The summed E-state index contributed by atoms with van der Waals surface area (Å²) in [7, 11) is 0. The topological polar surface area (TPSA) is 65.8 Å². The fourth-order valence-electron chi connectivity index (χ4n) is 4.85. The molecular weight excluding hydrogens is 394 g/mol. The molecule has 3 aliphatic rings. The molecule has 0 radical (unpaired) electrons. The van der Waals surface area contributed by atoms with Gasteiger partial charge < -0.3 is 23.7 Å². The van der Waals surface area contributed by atoms with Crippen LogP contribution in [0.2, 0.25) is 0 Å². The second-order valence-electron chi connectivity index (χ2n) is 8.52. The van der Waals surface area contributed by atoms with Crippen molar-refractivity contribution in [2.24, 2.45) is 0 Å². The van der Waals surface area contributed by atoms with E-state index in [1.165, 1.54) is 0 Å². The highest BCUT2D eigenvalue weighted by Crippen LogP contribution is 2.29. The molecule has 4 heterocycles. The van der Waals surface area contributed by atoms with Gasteiger partial charge in [0.25, 0.3) is 5.91 Å². The molecule has 2 atom stereocenters. The van der Waals surface area contributed by atoms with E-state index in [0.717, 1.165) is 41.8 Å². The van der Waals surface area contributed by atoms with Gasteiger partial charge in [0.1, 0.15) is 18.0 Å². The molecule has 31 heavy (non-hydrogen) atoms. The predicted molar refractivity (Wildman–Crippen MR) is 114 cm³/mol. The first-order valence-electron chi connectivity index (χ1n) is 11.0. The molecule has 0 spiro atoms. The minimum absolute atomic E-state index is 0.0331. The Morgan fingerprint density at radius 1 is 1.03 bits per heavy atom. The monoisotopic (exact) mass is 419 g/mol. The Balaban J connectivity index is 1.14. The summed E-state index contributed by atoms with van der Waals surface area (Å²) >= 11 is 0. The van der Waals surface area contributed by atoms with Crippen molar-refractivity contribution >= 4 is 16.9 Å². The van der Waals surface area contributed by atoms with Crippen LogP contribution in [-0.2, 0) is 15.9 Å². The van der Waals surface area contributed by atoms with E-state index in [4.69, 9.17) is 14.2 Å². The maximum atomic E-state index is 13.1. The zero-order valence-corrected chi connectivity index (χ0v) is 17.3. The lowest BCUT2D eigenvalue weighted by Crippen LogP contribution is -2.31. The van der Waals surface area contributed by atoms with Crippen LogP contribution in [-0.4, -0.2) is 65.5 Å². The summed E-state index contributed by atoms with van der Waals surface area (Å²) in [5.74, 6) is 0.935. The molecule has 3 aliphatic heterocycles. The van der Waals surface area contributed by atoms with E-state index in [1.807, 2.05) is 47.6 Å². The molecule has 2 saturated heterocycles. The molecule has 6 rings (SSSR count). The number of benzene rings is 2. The Morgan fingerprint density at radius 3 is 2.68 bits per heavy atom. The average molecular weight is 419 g/mol. The lowest BCUT2D eigenvalue weighted by molar-refractivity contribution is -0.00461. The van der Waals surface area contributed by atoms with Gasteiger partial charge in [0.05, 0.1) is 43.2 Å². The Labute approximate surface area is 180 Å². The van der Waals surface area contributed by atoms with Gasteiger partial charge in [-0.15, -0.1) is 0 Å². The van der Waals surface area contributed by atoms with Crippen LogP contribution < -0.4 is 4.74 Å². The summed E-state index contributed by atoms with van der Waals surface area (Å²) in [5.41, 5.74) is 3.89. The van der Waals surface area contributed by atoms with Crippen molar-refractivity contribution in [2.75, 3.05) is 32.9 Å². The van der Waals surface area contributed by atoms with Crippen molar-refractivity contribution in [3.05, 3.63) is 59.9 Å². The second-order valence-corrected chi connectivity index (χ2v) is 8.52. The number of ether oxygens (including phenoxy) is 3. The van der Waals surface area contributed by atoms with E-state index in [9.17, 15) is 4.79 Å². The molecule has 0 unspecified atom stereocenters. The summed E-state index contributed by atoms with van der Waals surface area (Å²) in [6.07, 6.45) is 3.60. The zero-order valence-electron chi connectivity index (χ0n) is 17.3. The Bertz CT molecular complexity index is 1110. The lowest BCUT2D eigenvalue weighted by Gasteiger charge is -2.21. The van der Waals surface area contributed by atoms with Crippen molar-refractivity contribution < 1.29 is 19.0 Å². The van der Waals surface area contributed by atoms with E-state index in [1.54, 1.807) is 0 Å². The van der Waals surface area contributed by atoms with Crippen molar-refractivity contribution in [1.82, 2.24) is 14.5 Å². The van der Waals surface area contributed by atoms with Crippen LogP contribution in [0.1, 0.15) is 28.4 Å². The van der Waals surface area contributed by atoms with Gasteiger partial charge in [-0.05, 0) is 48.7 Å². The van der Waals surface area contributed by atoms with Crippen LogP contribution in [0.3, 0.4) is 0 Å². The molecule has 0 N–H and O–H groups in total. The van der Waals surface area contributed by atoms with Crippen LogP contribution >= 0.6 is 0 Å². The van der Waals surface area contributed by atoms with E-state index >= 15 is 0 Å². The summed E-state index contributed by atoms with van der Waals surface area (Å²) in [4.78, 5) is 19.5. The van der Waals surface area contributed by atoms with E-state index < -0.39 is 0 Å². The van der Waals surface area contributed by atoms with Gasteiger partial charge >= 0.3 is 0 Å². The molecule has 0 bridgehead atoms. The van der Waals surface area contributed by atoms with Gasteiger partial charge in [-0.3, -0.25) is 4.79 Å². The number of aryl methyl sites for hydroxylation is 1. The van der Waals surface area contributed by atoms with Crippen molar-refractivity contribution in [3.63, 3.8) is 0 Å². The highest BCUT2D eigenvalue weighted by Gasteiger charge is 2.40. The number of nitrogens with zero attached hydrogens (tertiary/aromatic N) is 3. The van der Waals surface area contributed by atoms with Crippen molar-refractivity contribution in [2.45, 2.75) is 31.1 Å². The van der Waals surface area contributed by atoms with Gasteiger partial charge in [0.2, 0.25) is 0 Å². The molecule has 7 heteroatoms. The molecule has 0 saturated carbocycles. The third kappa shape index (κ3) is 3.38. The minimum Gasteiger partial charge on any atom is -0.493 e. The lowest BCUT2D eigenvalue weighted by atomic mass is 10.0. The maximum Gasteiger partial charge on any atom is 0.254 e. The van der Waals surface area contributed by atoms with E-state index in [-0.39, 0.29) is 24.2 Å². The fraction of sp³-hybridized carbons (Fsp3) is 0.417. The molecular formula is C24H25N3O4. The molecule has 3 aromatic rings. The number of aromatic nitrogens is 2. The number of hydrogen-bond acceptors (Lipinski definition) is 5. The number of rotatable bonds is 2. The quantitative estimate of drug-likeness (QED) is 0.639. The van der Waals surface area contributed by atoms with E-state index in [2.05, 4.69) is 15.6 Å². The highest BCUT2D eigenvalue weighted by molar-refractivity contribution is 5.95. The number of imidazole rings is 1. The number of carbonyl (C=O) groups is 1. The highest BCUT2D eigenvalue weighted by atomic mass is 16.6. The molecule has 2 fully saturated rings. The molecule has 160 valence electrons. The number of likely N-dealkylation sites (tertiary alicyclic amines) is 1. The zero-order chi connectivity index (χ0) is 20.8. The smallest absolute Gasteiger partial charge is 0.254 e. The molecule has 0 aliphatic carbocycles. The minimum atomic E-state index is -0.107. The molecule has 1 amide bonds. The number of carbonyl (C=O) groups excluding carboxylic acids is 1. The van der Waals surface area contributed by atoms with Crippen LogP contribution in [0.5, 0.6) is 5.75 Å². The summed E-state index contributed by atoms with van der Waals surface area (Å²) in [6, 6.07) is 13.9. The molecule has 2 aromatic carbocycles. The Hall–Kier alpha value is -2.90. The summed E-state index contributed by atoms with van der Waals surface area (Å²) in [5, 5.41) is 0. The Kier molecular flexibility index (Phi) is 4.65. The van der Waals surface area contributed by atoms with Crippen molar-refractivity contribution in [3.8, 4) is 5.75 Å². The number of para-hydroxylation sites is 2. The molecule has 7 nitrogen and oxygen atoms in total. The third-order valence-corrected chi connectivity index (χ3v) is 6.54. The van der Waals surface area contributed by atoms with Crippen LogP contribution in [0.25, 0.3) is 11.0 Å². The van der Waals surface area contributed by atoms with Gasteiger partial charge in [-0.2, -0.15) is 0 Å². The van der Waals surface area contributed by atoms with Gasteiger partial charge in [0, 0.05) is 18.7 Å². The van der Waals surface area contributed by atoms with Gasteiger partial charge in [-0.25, -0.2) is 4.98 Å². The average Bonchev–Trinajstić information content (AvgIpc) is 3.38. The van der Waals surface area contributed by atoms with Crippen molar-refractivity contribution in [1.29, 1.82) is 0 Å². The maximum absolute atomic E-state index is 13.1. The predicted octanol–water partition coefficient (Wildman–Crippen LogP) is 2.84. The van der Waals surface area contributed by atoms with Gasteiger partial charge in [-0.1, -0.05) is 12.1 Å². The number of fused-ring (bicyclic) bond motifs is 3. The normalized spacial score (nSPS) is 23.8. The number of amides is 1. The Morgan fingerprint density at radius 2 is 1.84 bits per heavy atom. The second kappa shape index (κ2) is 7.66. The standard InChI is InChI=1S/C24H25N3O4/c28-24(17-7-8-21-16(10-17)4-3-9-29-21)26-11-22-23(12-26)31-14-18(13-30-22)27-15-25-19-5-1-2-6-20(19)27/h1-2,5-8,10,15,18,22-23H,3-4,9,11-14H2/t22-,23-/m0/s1. The van der Waals surface area contributed by atoms with Crippen LogP contribution in [0.4, 0.5) is 0 Å². The summed E-state index contributed by atoms with van der Waals surface area (Å²) < 4.78 is 20.3. The van der Waals surface area contributed by atoms with Crippen LogP contribution in [0.15, 0.2) is 48.8 Å². The van der Waals surface area contributed by atoms with Crippen LogP contribution in [0, 0.1) is 0 Å². The fourth-order valence-corrected chi connectivity index (χ4v) is 4.85. The first-order valence-corrected chi connectivity index (χ1v) is 11.0. The first kappa shape index (κ1) is 18.8. The SMILES string of the molecule is O=C(c1ccc2c(c1)CCCO2)N1C[C@@H]2OCC(n3cnc4ccccc43)CO[C@H]2C1. The number of hydrogen-bond donors (Lipinski definition) is 0. The van der Waals surface area contributed by atoms with Gasteiger partial charge in [0.15, 0.2) is 0 Å². The first-order chi connectivity index (χ1) is 15.3. The summed E-state index contributed by atoms with van der Waals surface area (Å²) in [6.45, 7) is 2.93.